The van der Waals surface area contributed by atoms with Crippen molar-refractivity contribution in [1.29, 1.82) is 0 Å². The smallest absolute Gasteiger partial charge is 0.149 e. The molecule has 0 unspecified atom stereocenters. The van der Waals surface area contributed by atoms with E-state index in [1.54, 1.807) is 0 Å². The first-order chi connectivity index (χ1) is 7.20. The molecular weight excluding hydrogens is 196 g/mol. The largest absolute Gasteiger partial charge is 0.369 e. The van der Waals surface area contributed by atoms with Crippen molar-refractivity contribution < 1.29 is 8.78 Å². The fraction of sp³-hybridized carbons (Fsp3) is 0.500. The predicted octanol–water partition coefficient (Wildman–Crippen LogP) is 3.20. The first kappa shape index (κ1) is 10.4. The van der Waals surface area contributed by atoms with Crippen molar-refractivity contribution in [2.24, 2.45) is 5.92 Å². The first-order valence-electron chi connectivity index (χ1n) is 5.40. The Morgan fingerprint density at radius 2 is 2.07 bits per heavy atom. The molecule has 0 aromatic heterocycles. The van der Waals surface area contributed by atoms with Crippen molar-refractivity contribution in [2.75, 3.05) is 18.0 Å². The third kappa shape index (κ3) is 2.46. The van der Waals surface area contributed by atoms with Crippen molar-refractivity contribution >= 4 is 5.69 Å². The minimum Gasteiger partial charge on any atom is -0.369 e. The molecular formula is C12H15F2N. The molecule has 1 saturated carbocycles. The van der Waals surface area contributed by atoms with E-state index in [0.717, 1.165) is 19.2 Å². The van der Waals surface area contributed by atoms with E-state index in [1.807, 2.05) is 11.8 Å². The van der Waals surface area contributed by atoms with E-state index in [-0.39, 0.29) is 0 Å². The molecule has 0 atom stereocenters. The second-order valence-corrected chi connectivity index (χ2v) is 4.08. The van der Waals surface area contributed by atoms with E-state index in [9.17, 15) is 8.78 Å². The lowest BCUT2D eigenvalue weighted by Gasteiger charge is -2.23. The topological polar surface area (TPSA) is 3.24 Å². The van der Waals surface area contributed by atoms with Crippen molar-refractivity contribution in [3.8, 4) is 0 Å². The predicted molar refractivity (Wildman–Crippen MR) is 57.0 cm³/mol. The summed E-state index contributed by atoms with van der Waals surface area (Å²) in [5.41, 5.74) is 0.519. The summed E-state index contributed by atoms with van der Waals surface area (Å²) in [6.07, 6.45) is 2.47. The van der Waals surface area contributed by atoms with E-state index in [0.29, 0.717) is 11.6 Å². The molecule has 1 aliphatic carbocycles. The molecule has 0 amide bonds. The number of hydrogen-bond donors (Lipinski definition) is 0. The maximum Gasteiger partial charge on any atom is 0.149 e. The third-order valence-corrected chi connectivity index (χ3v) is 2.81. The summed E-state index contributed by atoms with van der Waals surface area (Å²) in [4.78, 5) is 1.98. The Morgan fingerprint density at radius 3 is 2.60 bits per heavy atom. The molecule has 3 heteroatoms. The molecule has 1 aliphatic rings. The lowest BCUT2D eigenvalue weighted by molar-refractivity contribution is 0.577. The Hall–Kier alpha value is -1.12. The maximum absolute atomic E-state index is 13.5. The van der Waals surface area contributed by atoms with Crippen LogP contribution in [0.3, 0.4) is 0 Å². The van der Waals surface area contributed by atoms with Crippen LogP contribution in [-0.2, 0) is 0 Å². The molecule has 0 radical (unpaired) electrons. The van der Waals surface area contributed by atoms with Crippen LogP contribution in [0.25, 0.3) is 0 Å². The standard InChI is InChI=1S/C12H15F2N/c1-2-15(8-9-3-4-9)12-6-5-10(13)7-11(12)14/h5-7,9H,2-4,8H2,1H3. The van der Waals surface area contributed by atoms with Gasteiger partial charge in [-0.25, -0.2) is 8.78 Å². The van der Waals surface area contributed by atoms with Gasteiger partial charge in [0.05, 0.1) is 5.69 Å². The Balaban J connectivity index is 2.16. The highest BCUT2D eigenvalue weighted by atomic mass is 19.1. The summed E-state index contributed by atoms with van der Waals surface area (Å²) in [6, 6.07) is 3.79. The zero-order valence-corrected chi connectivity index (χ0v) is 8.84. The molecule has 15 heavy (non-hydrogen) atoms. The maximum atomic E-state index is 13.5. The minimum absolute atomic E-state index is 0.461. The quantitative estimate of drug-likeness (QED) is 0.739. The molecule has 82 valence electrons. The van der Waals surface area contributed by atoms with Crippen LogP contribution in [0.1, 0.15) is 19.8 Å². The van der Waals surface area contributed by atoms with E-state index >= 15 is 0 Å². The number of anilines is 1. The normalized spacial score (nSPS) is 15.4. The molecule has 0 heterocycles. The fourth-order valence-corrected chi connectivity index (χ4v) is 1.75. The monoisotopic (exact) mass is 211 g/mol. The summed E-state index contributed by atoms with van der Waals surface area (Å²) in [6.45, 7) is 3.64. The van der Waals surface area contributed by atoms with Crippen LogP contribution in [0.2, 0.25) is 0 Å². The summed E-state index contributed by atoms with van der Waals surface area (Å²) in [5.74, 6) is -0.273. The third-order valence-electron chi connectivity index (χ3n) is 2.81. The van der Waals surface area contributed by atoms with Gasteiger partial charge in [-0.2, -0.15) is 0 Å². The van der Waals surface area contributed by atoms with E-state index in [4.69, 9.17) is 0 Å². The number of hydrogen-bond acceptors (Lipinski definition) is 1. The van der Waals surface area contributed by atoms with Gasteiger partial charge in [0.1, 0.15) is 11.6 Å². The average Bonchev–Trinajstić information content (AvgIpc) is 2.99. The molecule has 0 bridgehead atoms. The number of rotatable bonds is 4. The summed E-state index contributed by atoms with van der Waals surface area (Å²) < 4.78 is 26.2. The number of benzene rings is 1. The molecule has 1 nitrogen and oxygen atoms in total. The van der Waals surface area contributed by atoms with Crippen molar-refractivity contribution in [1.82, 2.24) is 0 Å². The number of halogens is 2. The van der Waals surface area contributed by atoms with Crippen LogP contribution in [0.4, 0.5) is 14.5 Å². The van der Waals surface area contributed by atoms with Gasteiger partial charge in [0.2, 0.25) is 0 Å². The fourth-order valence-electron chi connectivity index (χ4n) is 1.75. The summed E-state index contributed by atoms with van der Waals surface area (Å²) in [7, 11) is 0. The second kappa shape index (κ2) is 4.17. The van der Waals surface area contributed by atoms with Crippen molar-refractivity contribution in [3.63, 3.8) is 0 Å². The highest BCUT2D eigenvalue weighted by Crippen LogP contribution is 2.32. The molecule has 0 saturated heterocycles. The average molecular weight is 211 g/mol. The van der Waals surface area contributed by atoms with Gasteiger partial charge in [0.25, 0.3) is 0 Å². The Kier molecular flexibility index (Phi) is 2.89. The van der Waals surface area contributed by atoms with Gasteiger partial charge in [-0.1, -0.05) is 0 Å². The Morgan fingerprint density at radius 1 is 1.33 bits per heavy atom. The molecule has 1 aromatic carbocycles. The van der Waals surface area contributed by atoms with Gasteiger partial charge in [-0.15, -0.1) is 0 Å². The summed E-state index contributed by atoms with van der Waals surface area (Å²) in [5, 5.41) is 0. The van der Waals surface area contributed by atoms with E-state index in [2.05, 4.69) is 0 Å². The molecule has 2 rings (SSSR count). The van der Waals surface area contributed by atoms with Crippen LogP contribution in [-0.4, -0.2) is 13.1 Å². The highest BCUT2D eigenvalue weighted by molar-refractivity contribution is 5.47. The lowest BCUT2D eigenvalue weighted by atomic mass is 10.2. The molecule has 1 aromatic rings. The number of nitrogens with zero attached hydrogens (tertiary/aromatic N) is 1. The van der Waals surface area contributed by atoms with Gasteiger partial charge in [0, 0.05) is 19.2 Å². The first-order valence-corrected chi connectivity index (χ1v) is 5.40. The van der Waals surface area contributed by atoms with Gasteiger partial charge in [0.15, 0.2) is 0 Å². The molecule has 1 fully saturated rings. The van der Waals surface area contributed by atoms with E-state index < -0.39 is 11.6 Å². The Labute approximate surface area is 88.7 Å². The lowest BCUT2D eigenvalue weighted by Crippen LogP contribution is -2.26. The van der Waals surface area contributed by atoms with E-state index in [1.165, 1.54) is 25.0 Å². The highest BCUT2D eigenvalue weighted by Gasteiger charge is 2.24. The SMILES string of the molecule is CCN(CC1CC1)c1ccc(F)cc1F. The molecule has 0 aliphatic heterocycles. The zero-order valence-electron chi connectivity index (χ0n) is 8.84. The molecule has 0 spiro atoms. The van der Waals surface area contributed by atoms with Gasteiger partial charge in [-0.05, 0) is 37.8 Å². The van der Waals surface area contributed by atoms with Gasteiger partial charge >= 0.3 is 0 Å². The summed E-state index contributed by atoms with van der Waals surface area (Å²) >= 11 is 0. The molecule has 0 N–H and O–H groups in total. The Bertz CT molecular complexity index is 347. The van der Waals surface area contributed by atoms with Crippen LogP contribution >= 0.6 is 0 Å². The second-order valence-electron chi connectivity index (χ2n) is 4.08. The van der Waals surface area contributed by atoms with Gasteiger partial charge < -0.3 is 4.90 Å². The van der Waals surface area contributed by atoms with Crippen LogP contribution in [0.5, 0.6) is 0 Å². The van der Waals surface area contributed by atoms with Crippen molar-refractivity contribution in [3.05, 3.63) is 29.8 Å². The van der Waals surface area contributed by atoms with Gasteiger partial charge in [-0.3, -0.25) is 0 Å². The zero-order chi connectivity index (χ0) is 10.8. The minimum atomic E-state index is -0.515. The van der Waals surface area contributed by atoms with Crippen LogP contribution in [0, 0.1) is 17.6 Å². The van der Waals surface area contributed by atoms with Crippen molar-refractivity contribution in [2.45, 2.75) is 19.8 Å². The van der Waals surface area contributed by atoms with Crippen LogP contribution < -0.4 is 4.90 Å². The van der Waals surface area contributed by atoms with Crippen LogP contribution in [0.15, 0.2) is 18.2 Å².